The number of phenolic OH excluding ortho intramolecular Hbond substituents is 1. The van der Waals surface area contributed by atoms with Crippen LogP contribution in [0.5, 0.6) is 5.75 Å². The Morgan fingerprint density at radius 2 is 1.88 bits per heavy atom. The molecular formula is C20H20ClNO4. The van der Waals surface area contributed by atoms with E-state index in [1.807, 2.05) is 18.2 Å². The van der Waals surface area contributed by atoms with E-state index in [0.717, 1.165) is 16.7 Å². The Morgan fingerprint density at radius 3 is 2.46 bits per heavy atom. The first-order chi connectivity index (χ1) is 12.4. The summed E-state index contributed by atoms with van der Waals surface area (Å²) in [5.74, 6) is -1.24. The Kier molecular flexibility index (Phi) is 4.92. The van der Waals surface area contributed by atoms with E-state index in [9.17, 15) is 14.7 Å². The lowest BCUT2D eigenvalue weighted by atomic mass is 9.91. The van der Waals surface area contributed by atoms with Gasteiger partial charge in [-0.3, -0.25) is 9.59 Å². The molecule has 6 heteroatoms. The van der Waals surface area contributed by atoms with Gasteiger partial charge in [-0.05, 0) is 47.7 Å². The maximum absolute atomic E-state index is 12.2. The van der Waals surface area contributed by atoms with Crippen LogP contribution in [0.2, 0.25) is 5.02 Å². The van der Waals surface area contributed by atoms with Crippen molar-refractivity contribution in [3.05, 3.63) is 64.2 Å². The highest BCUT2D eigenvalue weighted by molar-refractivity contribution is 6.30. The van der Waals surface area contributed by atoms with Gasteiger partial charge in [0.2, 0.25) is 5.91 Å². The van der Waals surface area contributed by atoms with Crippen LogP contribution < -0.4 is 5.73 Å². The van der Waals surface area contributed by atoms with Crippen molar-refractivity contribution >= 4 is 23.5 Å². The second-order valence-electron chi connectivity index (χ2n) is 6.75. The number of esters is 1. The van der Waals surface area contributed by atoms with E-state index < -0.39 is 23.2 Å². The number of amides is 1. The lowest BCUT2D eigenvalue weighted by Gasteiger charge is -2.15. The van der Waals surface area contributed by atoms with Gasteiger partial charge in [-0.2, -0.15) is 0 Å². The monoisotopic (exact) mass is 373 g/mol. The fourth-order valence-electron chi connectivity index (χ4n) is 3.45. The second-order valence-corrected chi connectivity index (χ2v) is 7.19. The predicted octanol–water partition coefficient (Wildman–Crippen LogP) is 2.84. The van der Waals surface area contributed by atoms with Crippen LogP contribution in [0.25, 0.3) is 0 Å². The van der Waals surface area contributed by atoms with Crippen LogP contribution in [-0.2, 0) is 27.2 Å². The molecule has 1 aliphatic rings. The number of nitrogens with two attached hydrogens (primary N) is 1. The van der Waals surface area contributed by atoms with E-state index in [-0.39, 0.29) is 5.75 Å². The summed E-state index contributed by atoms with van der Waals surface area (Å²) in [5, 5.41) is 10.8. The topological polar surface area (TPSA) is 89.6 Å². The van der Waals surface area contributed by atoms with Gasteiger partial charge in [0.05, 0.1) is 18.4 Å². The van der Waals surface area contributed by atoms with Crippen molar-refractivity contribution in [2.75, 3.05) is 7.11 Å². The van der Waals surface area contributed by atoms with Gasteiger partial charge >= 0.3 is 5.97 Å². The predicted molar refractivity (Wildman–Crippen MR) is 97.8 cm³/mol. The standard InChI is InChI=1S/C20H20ClNO4/c1-26-19(25)20(11-16(20)18(22)24)10-13-4-7-17(23)14(9-13)8-12-2-5-15(21)6-3-12/h2-7,9,16,23H,8,10-11H2,1H3,(H2,22,24). The van der Waals surface area contributed by atoms with Crippen molar-refractivity contribution in [2.45, 2.75) is 19.3 Å². The smallest absolute Gasteiger partial charge is 0.312 e. The average Bonchev–Trinajstić information content (AvgIpc) is 3.35. The summed E-state index contributed by atoms with van der Waals surface area (Å²) >= 11 is 5.90. The zero-order chi connectivity index (χ0) is 18.9. The van der Waals surface area contributed by atoms with Gasteiger partial charge in [0.15, 0.2) is 0 Å². The zero-order valence-corrected chi connectivity index (χ0v) is 15.1. The molecule has 0 aromatic heterocycles. The first-order valence-corrected chi connectivity index (χ1v) is 8.66. The molecule has 0 spiro atoms. The SMILES string of the molecule is COC(=O)C1(Cc2ccc(O)c(Cc3ccc(Cl)cc3)c2)CC1C(N)=O. The molecule has 0 heterocycles. The number of benzene rings is 2. The lowest BCUT2D eigenvalue weighted by molar-refractivity contribution is -0.148. The molecule has 3 rings (SSSR count). The van der Waals surface area contributed by atoms with Crippen LogP contribution in [-0.4, -0.2) is 24.1 Å². The number of rotatable bonds is 6. The highest BCUT2D eigenvalue weighted by Crippen LogP contribution is 2.55. The first kappa shape index (κ1) is 18.3. The third kappa shape index (κ3) is 3.53. The molecule has 0 radical (unpaired) electrons. The molecule has 2 unspecified atom stereocenters. The fourth-order valence-corrected chi connectivity index (χ4v) is 3.58. The van der Waals surface area contributed by atoms with Crippen molar-refractivity contribution in [2.24, 2.45) is 17.1 Å². The first-order valence-electron chi connectivity index (χ1n) is 8.28. The molecule has 5 nitrogen and oxygen atoms in total. The molecule has 1 fully saturated rings. The van der Waals surface area contributed by atoms with Gasteiger partial charge in [0.25, 0.3) is 0 Å². The largest absolute Gasteiger partial charge is 0.508 e. The molecule has 26 heavy (non-hydrogen) atoms. The molecule has 1 saturated carbocycles. The van der Waals surface area contributed by atoms with E-state index in [4.69, 9.17) is 22.1 Å². The maximum Gasteiger partial charge on any atom is 0.312 e. The van der Waals surface area contributed by atoms with E-state index in [1.54, 1.807) is 24.3 Å². The number of halogens is 1. The number of ether oxygens (including phenoxy) is 1. The summed E-state index contributed by atoms with van der Waals surface area (Å²) in [6.07, 6.45) is 1.27. The van der Waals surface area contributed by atoms with Crippen LogP contribution in [0, 0.1) is 11.3 Å². The summed E-state index contributed by atoms with van der Waals surface area (Å²) in [5.41, 5.74) is 7.09. The number of aromatic hydroxyl groups is 1. The summed E-state index contributed by atoms with van der Waals surface area (Å²) in [6.45, 7) is 0. The van der Waals surface area contributed by atoms with Gasteiger partial charge in [-0.15, -0.1) is 0 Å². The zero-order valence-electron chi connectivity index (χ0n) is 14.4. The van der Waals surface area contributed by atoms with Crippen LogP contribution in [0.3, 0.4) is 0 Å². The molecule has 0 saturated heterocycles. The average molecular weight is 374 g/mol. The van der Waals surface area contributed by atoms with E-state index in [2.05, 4.69) is 0 Å². The molecule has 1 amide bonds. The van der Waals surface area contributed by atoms with Crippen LogP contribution in [0.15, 0.2) is 42.5 Å². The van der Waals surface area contributed by atoms with Crippen molar-refractivity contribution in [1.82, 2.24) is 0 Å². The minimum atomic E-state index is -0.894. The minimum absolute atomic E-state index is 0.179. The van der Waals surface area contributed by atoms with E-state index in [0.29, 0.717) is 24.3 Å². The molecular weight excluding hydrogens is 354 g/mol. The van der Waals surface area contributed by atoms with Crippen molar-refractivity contribution in [3.8, 4) is 5.75 Å². The minimum Gasteiger partial charge on any atom is -0.508 e. The van der Waals surface area contributed by atoms with Crippen molar-refractivity contribution < 1.29 is 19.4 Å². The Balaban J connectivity index is 1.84. The highest BCUT2D eigenvalue weighted by Gasteiger charge is 2.63. The van der Waals surface area contributed by atoms with Gasteiger partial charge in [0, 0.05) is 11.4 Å². The summed E-state index contributed by atoms with van der Waals surface area (Å²) in [4.78, 5) is 23.7. The third-order valence-electron chi connectivity index (χ3n) is 4.98. The quantitative estimate of drug-likeness (QED) is 0.762. The molecule has 1 aliphatic carbocycles. The van der Waals surface area contributed by atoms with Crippen LogP contribution in [0.1, 0.15) is 23.1 Å². The summed E-state index contributed by atoms with van der Waals surface area (Å²) in [7, 11) is 1.31. The fraction of sp³-hybridized carbons (Fsp3) is 0.300. The Hall–Kier alpha value is -2.53. The Morgan fingerprint density at radius 1 is 1.23 bits per heavy atom. The molecule has 2 aromatic rings. The van der Waals surface area contributed by atoms with Gasteiger partial charge in [-0.25, -0.2) is 0 Å². The molecule has 0 bridgehead atoms. The number of carbonyl (C=O) groups excluding carboxylic acids is 2. The molecule has 0 aliphatic heterocycles. The second kappa shape index (κ2) is 7.00. The van der Waals surface area contributed by atoms with E-state index >= 15 is 0 Å². The molecule has 3 N–H and O–H groups in total. The number of carbonyl (C=O) groups is 2. The maximum atomic E-state index is 12.2. The Bertz CT molecular complexity index is 849. The van der Waals surface area contributed by atoms with Gasteiger partial charge in [-0.1, -0.05) is 35.9 Å². The number of hydrogen-bond donors (Lipinski definition) is 2. The molecule has 136 valence electrons. The number of methoxy groups -OCH3 is 1. The van der Waals surface area contributed by atoms with Crippen LogP contribution in [0.4, 0.5) is 0 Å². The van der Waals surface area contributed by atoms with Crippen LogP contribution >= 0.6 is 11.6 Å². The number of phenols is 1. The van der Waals surface area contributed by atoms with Crippen molar-refractivity contribution in [3.63, 3.8) is 0 Å². The molecule has 2 aromatic carbocycles. The Labute approximate surface area is 156 Å². The molecule has 2 atom stereocenters. The normalized spacial score (nSPS) is 21.2. The van der Waals surface area contributed by atoms with Gasteiger partial charge in [0.1, 0.15) is 5.75 Å². The number of primary amides is 1. The van der Waals surface area contributed by atoms with E-state index in [1.165, 1.54) is 7.11 Å². The number of hydrogen-bond acceptors (Lipinski definition) is 4. The highest BCUT2D eigenvalue weighted by atomic mass is 35.5. The third-order valence-corrected chi connectivity index (χ3v) is 5.23. The summed E-state index contributed by atoms with van der Waals surface area (Å²) in [6, 6.07) is 12.6. The summed E-state index contributed by atoms with van der Waals surface area (Å²) < 4.78 is 4.88. The lowest BCUT2D eigenvalue weighted by Crippen LogP contribution is -2.28. The van der Waals surface area contributed by atoms with Gasteiger partial charge < -0.3 is 15.6 Å². The van der Waals surface area contributed by atoms with Crippen molar-refractivity contribution in [1.29, 1.82) is 0 Å².